The second-order valence-electron chi connectivity index (χ2n) is 12.2. The summed E-state index contributed by atoms with van der Waals surface area (Å²) in [7, 11) is -16.3. The first-order chi connectivity index (χ1) is 24.9. The standard InChI is InChI=1S/C21H36N7O16P3S.C4H10O2/c1-21(2,16(31)19(32)24-4-3-12(29)23-5-6-48)8-41-47(38,39)44-46(36,37)40-7-11-15(43-45(33,34)35)14(30)20(42-11)28-10-27-13-17(22)25-9-26-18(13)28;1-4(6)2-3-5/h9-11,14-16,20,30-31,48H,3-8H2,1-2H3,(H,23,29)(H,24,32)(H,36,37)(H,38,39)(H2,22,25,26)(H2,33,34,35);4-6H,2-3H2,1H3/t11-,14-,15-,16?,20-;/m1./s1. The number of hydrogen-bond acceptors (Lipinski definition) is 19. The molecule has 12 N–H and O–H groups in total. The summed E-state index contributed by atoms with van der Waals surface area (Å²) in [6, 6.07) is 0. The number of carbonyl (C=O) groups is 2. The van der Waals surface area contributed by atoms with Crippen LogP contribution in [0.2, 0.25) is 0 Å². The number of phosphoric acid groups is 3. The first kappa shape index (κ1) is 48.0. The third-order valence-corrected chi connectivity index (χ3v) is 10.4. The molecule has 0 saturated carbocycles. The van der Waals surface area contributed by atoms with Crippen LogP contribution >= 0.6 is 36.1 Å². The number of ether oxygens (including phenoxy) is 1. The van der Waals surface area contributed by atoms with Crippen molar-refractivity contribution in [3.8, 4) is 0 Å². The topological polar surface area (TPSA) is 387 Å². The maximum Gasteiger partial charge on any atom is 0.481 e. The molecule has 29 heteroatoms. The van der Waals surface area contributed by atoms with Gasteiger partial charge in [0.2, 0.25) is 11.8 Å². The Bertz CT molecular complexity index is 1680. The maximum absolute atomic E-state index is 12.6. The van der Waals surface area contributed by atoms with E-state index in [-0.39, 0.29) is 48.6 Å². The molecule has 2 amide bonds. The highest BCUT2D eigenvalue weighted by Crippen LogP contribution is 2.61. The molecule has 8 atom stereocenters. The van der Waals surface area contributed by atoms with Gasteiger partial charge in [-0.05, 0) is 13.3 Å². The van der Waals surface area contributed by atoms with Gasteiger partial charge in [-0.25, -0.2) is 28.6 Å². The number of hydrogen-bond donors (Lipinski definition) is 12. The second-order valence-corrected chi connectivity index (χ2v) is 16.8. The molecular formula is C25H46N7O18P3S. The van der Waals surface area contributed by atoms with Gasteiger partial charge >= 0.3 is 23.5 Å². The first-order valence-corrected chi connectivity index (χ1v) is 20.9. The molecule has 25 nitrogen and oxygen atoms in total. The number of nitrogens with two attached hydrogens (primary N) is 1. The number of amides is 2. The molecule has 3 heterocycles. The minimum Gasteiger partial charge on any atom is -0.396 e. The van der Waals surface area contributed by atoms with Gasteiger partial charge < -0.3 is 61.1 Å². The highest BCUT2D eigenvalue weighted by atomic mass is 32.1. The van der Waals surface area contributed by atoms with E-state index < -0.39 is 78.6 Å². The highest BCUT2D eigenvalue weighted by molar-refractivity contribution is 7.80. The van der Waals surface area contributed by atoms with E-state index in [0.717, 1.165) is 17.2 Å². The van der Waals surface area contributed by atoms with Gasteiger partial charge in [0, 0.05) is 37.3 Å². The van der Waals surface area contributed by atoms with Crippen molar-refractivity contribution >= 4 is 64.9 Å². The molecule has 2 aromatic rings. The molecule has 1 aliphatic heterocycles. The summed E-state index contributed by atoms with van der Waals surface area (Å²) in [5.74, 6) is -0.943. The lowest BCUT2D eigenvalue weighted by Crippen LogP contribution is -2.46. The van der Waals surface area contributed by atoms with Crippen LogP contribution in [0.5, 0.6) is 0 Å². The monoisotopic (exact) mass is 857 g/mol. The molecule has 1 aliphatic rings. The second kappa shape index (κ2) is 20.8. The lowest BCUT2D eigenvalue weighted by molar-refractivity contribution is -0.137. The summed E-state index contributed by atoms with van der Waals surface area (Å²) < 4.78 is 61.7. The van der Waals surface area contributed by atoms with E-state index in [1.807, 2.05) is 0 Å². The van der Waals surface area contributed by atoms with Crippen LogP contribution in [0.3, 0.4) is 0 Å². The van der Waals surface area contributed by atoms with E-state index in [0.29, 0.717) is 18.7 Å². The van der Waals surface area contributed by atoms with Crippen molar-refractivity contribution in [2.75, 3.05) is 44.4 Å². The third kappa shape index (κ3) is 15.4. The molecule has 0 aliphatic carbocycles. The summed E-state index contributed by atoms with van der Waals surface area (Å²) in [6.07, 6.45) is -6.61. The van der Waals surface area contributed by atoms with E-state index in [1.54, 1.807) is 6.92 Å². The molecule has 1 fully saturated rings. The Hall–Kier alpha value is -2.19. The van der Waals surface area contributed by atoms with Crippen molar-refractivity contribution in [3.63, 3.8) is 0 Å². The molecule has 0 spiro atoms. The third-order valence-electron chi connectivity index (χ3n) is 7.06. The van der Waals surface area contributed by atoms with Gasteiger partial charge in [0.1, 0.15) is 36.3 Å². The van der Waals surface area contributed by atoms with Gasteiger partial charge in [0.05, 0.1) is 25.6 Å². The van der Waals surface area contributed by atoms with Crippen molar-refractivity contribution in [2.45, 2.75) is 70.4 Å². The number of anilines is 1. The quantitative estimate of drug-likeness (QED) is 0.0510. The molecule has 3 rings (SSSR count). The Morgan fingerprint density at radius 1 is 1.07 bits per heavy atom. The van der Waals surface area contributed by atoms with Crippen molar-refractivity contribution in [3.05, 3.63) is 12.7 Å². The van der Waals surface area contributed by atoms with Gasteiger partial charge in [-0.2, -0.15) is 16.9 Å². The fourth-order valence-electron chi connectivity index (χ4n) is 4.32. The Morgan fingerprint density at radius 2 is 1.72 bits per heavy atom. The fraction of sp³-hybridized carbons (Fsp3) is 0.720. The summed E-state index contributed by atoms with van der Waals surface area (Å²) in [5.41, 5.74) is 4.30. The molecule has 0 bridgehead atoms. The number of nitrogens with zero attached hydrogens (tertiary/aromatic N) is 4. The van der Waals surface area contributed by atoms with Crippen LogP contribution < -0.4 is 16.4 Å². The zero-order valence-corrected chi connectivity index (χ0v) is 32.7. The highest BCUT2D eigenvalue weighted by Gasteiger charge is 2.50. The number of carbonyl (C=O) groups excluding carboxylic acids is 2. The van der Waals surface area contributed by atoms with Crippen molar-refractivity contribution in [1.29, 1.82) is 0 Å². The molecule has 54 heavy (non-hydrogen) atoms. The molecule has 1 saturated heterocycles. The Kier molecular flexibility index (Phi) is 18.5. The van der Waals surface area contributed by atoms with Gasteiger partial charge in [-0.3, -0.25) is 27.7 Å². The predicted molar refractivity (Wildman–Crippen MR) is 187 cm³/mol. The van der Waals surface area contributed by atoms with Gasteiger partial charge in [-0.15, -0.1) is 0 Å². The van der Waals surface area contributed by atoms with Crippen molar-refractivity contribution in [2.24, 2.45) is 5.41 Å². The van der Waals surface area contributed by atoms with Crippen LogP contribution in [0.15, 0.2) is 12.7 Å². The average molecular weight is 858 g/mol. The number of rotatable bonds is 20. The number of fused-ring (bicyclic) bond motifs is 1. The predicted octanol–water partition coefficient (Wildman–Crippen LogP) is -1.92. The number of nitrogen functional groups attached to an aromatic ring is 1. The molecule has 310 valence electrons. The lowest BCUT2D eigenvalue weighted by Gasteiger charge is -2.30. The SMILES string of the molecule is CC(C)(COP(=O)(O)OP(=O)(O)OC[C@H]1O[C@@H](n2cnc3c(N)ncnc32)[C@H](O)[C@@H]1OP(=O)(O)O)C(O)C(=O)NCCC(=O)NCCS.CC(O)CCO. The number of aromatic nitrogens is 4. The van der Waals surface area contributed by atoms with Crippen LogP contribution in [-0.4, -0.2) is 141 Å². The molecule has 4 unspecified atom stereocenters. The first-order valence-electron chi connectivity index (χ1n) is 15.7. The zero-order chi connectivity index (χ0) is 41.1. The Morgan fingerprint density at radius 3 is 2.30 bits per heavy atom. The minimum atomic E-state index is -5.54. The van der Waals surface area contributed by atoms with E-state index in [4.69, 9.17) is 29.7 Å². The summed E-state index contributed by atoms with van der Waals surface area (Å²) in [5, 5.41) is 42.6. The number of phosphoric ester groups is 3. The van der Waals surface area contributed by atoms with Gasteiger partial charge in [0.15, 0.2) is 17.7 Å². The average Bonchev–Trinajstić information content (AvgIpc) is 3.62. The summed E-state index contributed by atoms with van der Waals surface area (Å²) in [6.45, 7) is 2.45. The summed E-state index contributed by atoms with van der Waals surface area (Å²) >= 11 is 3.95. The van der Waals surface area contributed by atoms with E-state index in [9.17, 15) is 53.1 Å². The zero-order valence-electron chi connectivity index (χ0n) is 29.1. The number of aliphatic hydroxyl groups excluding tert-OH is 4. The largest absolute Gasteiger partial charge is 0.481 e. The van der Waals surface area contributed by atoms with Crippen LogP contribution in [0.25, 0.3) is 11.2 Å². The molecular weight excluding hydrogens is 811 g/mol. The Labute approximate surface area is 313 Å². The van der Waals surface area contributed by atoms with E-state index in [2.05, 4.69) is 47.0 Å². The van der Waals surface area contributed by atoms with Crippen LogP contribution in [0.4, 0.5) is 5.82 Å². The Balaban J connectivity index is 0.00000155. The fourth-order valence-corrected chi connectivity index (χ4v) is 7.26. The molecule has 2 aromatic heterocycles. The number of imidazole rings is 1. The van der Waals surface area contributed by atoms with Crippen LogP contribution in [0, 0.1) is 5.41 Å². The number of thiol groups is 1. The smallest absolute Gasteiger partial charge is 0.396 e. The number of nitrogens with one attached hydrogen (secondary N) is 2. The molecule has 0 radical (unpaired) electrons. The van der Waals surface area contributed by atoms with Crippen LogP contribution in [0.1, 0.15) is 39.8 Å². The minimum absolute atomic E-state index is 0.0363. The normalized spacial score (nSPS) is 22.4. The summed E-state index contributed by atoms with van der Waals surface area (Å²) in [4.78, 5) is 74.6. The van der Waals surface area contributed by atoms with E-state index in [1.165, 1.54) is 13.8 Å². The van der Waals surface area contributed by atoms with Crippen LogP contribution in [-0.2, 0) is 45.9 Å². The van der Waals surface area contributed by atoms with Crippen molar-refractivity contribution < 1.29 is 85.9 Å². The van der Waals surface area contributed by atoms with Gasteiger partial charge in [0.25, 0.3) is 0 Å². The maximum atomic E-state index is 12.6. The van der Waals surface area contributed by atoms with Crippen molar-refractivity contribution in [1.82, 2.24) is 30.2 Å². The molecule has 0 aromatic carbocycles. The van der Waals surface area contributed by atoms with Gasteiger partial charge in [-0.1, -0.05) is 13.8 Å². The lowest BCUT2D eigenvalue weighted by atomic mass is 9.87. The van der Waals surface area contributed by atoms with E-state index >= 15 is 0 Å². The number of aliphatic hydroxyl groups is 4.